The van der Waals surface area contributed by atoms with Gasteiger partial charge in [-0.25, -0.2) is 0 Å². The average Bonchev–Trinajstić information content (AvgIpc) is 3.28. The molecule has 1 aromatic heterocycles. The standard InChI is InChI=1S/C22H30N4O/c1-16-12-17(2)26(24-16)21-8-11-25(15-21)22(27)20-5-3-4-19(14-20)13-18-6-9-23-10-7-18/h3-5,12,14,18,21,23H,6-11,13,15H2,1-2H3/t21-/m1/s1. The van der Waals surface area contributed by atoms with Gasteiger partial charge in [0.2, 0.25) is 0 Å². The van der Waals surface area contributed by atoms with E-state index in [1.165, 1.54) is 24.1 Å². The molecule has 1 N–H and O–H groups in total. The minimum absolute atomic E-state index is 0.159. The molecule has 1 atom stereocenters. The first-order chi connectivity index (χ1) is 13.1. The van der Waals surface area contributed by atoms with E-state index in [1.54, 1.807) is 0 Å². The zero-order valence-electron chi connectivity index (χ0n) is 16.4. The lowest BCUT2D eigenvalue weighted by molar-refractivity contribution is 0.0786. The van der Waals surface area contributed by atoms with Crippen molar-refractivity contribution in [2.24, 2.45) is 5.92 Å². The normalized spacial score (nSPS) is 21.0. The summed E-state index contributed by atoms with van der Waals surface area (Å²) in [6, 6.07) is 10.7. The topological polar surface area (TPSA) is 50.2 Å². The van der Waals surface area contributed by atoms with Crippen LogP contribution in [0.2, 0.25) is 0 Å². The first kappa shape index (κ1) is 18.2. The Kier molecular flexibility index (Phi) is 5.30. The predicted molar refractivity (Wildman–Crippen MR) is 107 cm³/mol. The molecular weight excluding hydrogens is 336 g/mol. The summed E-state index contributed by atoms with van der Waals surface area (Å²) >= 11 is 0. The van der Waals surface area contributed by atoms with E-state index < -0.39 is 0 Å². The summed E-state index contributed by atoms with van der Waals surface area (Å²) in [5, 5.41) is 8.03. The van der Waals surface area contributed by atoms with Gasteiger partial charge in [0.05, 0.1) is 11.7 Å². The Morgan fingerprint density at radius 1 is 1.19 bits per heavy atom. The number of piperidine rings is 1. The molecule has 2 saturated heterocycles. The lowest BCUT2D eigenvalue weighted by atomic mass is 9.90. The van der Waals surface area contributed by atoms with Gasteiger partial charge in [0.25, 0.3) is 5.91 Å². The molecule has 2 aliphatic rings. The quantitative estimate of drug-likeness (QED) is 0.904. The Labute approximate surface area is 161 Å². The van der Waals surface area contributed by atoms with Gasteiger partial charge in [-0.05, 0) is 82.3 Å². The van der Waals surface area contributed by atoms with Crippen LogP contribution < -0.4 is 5.32 Å². The lowest BCUT2D eigenvalue weighted by Crippen LogP contribution is -2.30. The zero-order chi connectivity index (χ0) is 18.8. The van der Waals surface area contributed by atoms with Gasteiger partial charge in [-0.3, -0.25) is 9.48 Å². The van der Waals surface area contributed by atoms with Crippen LogP contribution in [0.4, 0.5) is 0 Å². The molecule has 0 saturated carbocycles. The number of aryl methyl sites for hydroxylation is 2. The highest BCUT2D eigenvalue weighted by Crippen LogP contribution is 2.25. The Balaban J connectivity index is 1.42. The maximum atomic E-state index is 13.0. The highest BCUT2D eigenvalue weighted by molar-refractivity contribution is 5.94. The third-order valence-corrected chi connectivity index (χ3v) is 6.00. The van der Waals surface area contributed by atoms with Crippen molar-refractivity contribution in [3.63, 3.8) is 0 Å². The molecule has 144 valence electrons. The molecular formula is C22H30N4O. The van der Waals surface area contributed by atoms with E-state index in [0.29, 0.717) is 6.04 Å². The number of amides is 1. The van der Waals surface area contributed by atoms with Gasteiger partial charge in [0, 0.05) is 24.3 Å². The molecule has 4 rings (SSSR count). The van der Waals surface area contributed by atoms with Crippen molar-refractivity contribution in [1.29, 1.82) is 0 Å². The lowest BCUT2D eigenvalue weighted by Gasteiger charge is -2.23. The number of benzene rings is 1. The Bertz CT molecular complexity index is 806. The number of hydrogen-bond donors (Lipinski definition) is 1. The van der Waals surface area contributed by atoms with E-state index in [4.69, 9.17) is 0 Å². The molecule has 5 heteroatoms. The van der Waals surface area contributed by atoms with Crippen LogP contribution in [0.15, 0.2) is 30.3 Å². The smallest absolute Gasteiger partial charge is 0.253 e. The second-order valence-corrected chi connectivity index (χ2v) is 8.16. The molecule has 0 spiro atoms. The monoisotopic (exact) mass is 366 g/mol. The maximum Gasteiger partial charge on any atom is 0.253 e. The van der Waals surface area contributed by atoms with E-state index in [-0.39, 0.29) is 5.91 Å². The third-order valence-electron chi connectivity index (χ3n) is 6.00. The van der Waals surface area contributed by atoms with Crippen molar-refractivity contribution in [3.05, 3.63) is 52.8 Å². The van der Waals surface area contributed by atoms with Crippen LogP contribution in [0.3, 0.4) is 0 Å². The predicted octanol–water partition coefficient (Wildman–Crippen LogP) is 3.13. The van der Waals surface area contributed by atoms with Crippen molar-refractivity contribution in [2.45, 2.75) is 45.6 Å². The van der Waals surface area contributed by atoms with Crippen LogP contribution >= 0.6 is 0 Å². The molecule has 2 aliphatic heterocycles. The van der Waals surface area contributed by atoms with Gasteiger partial charge >= 0.3 is 0 Å². The van der Waals surface area contributed by atoms with Crippen LogP contribution in [0.5, 0.6) is 0 Å². The molecule has 0 aliphatic carbocycles. The van der Waals surface area contributed by atoms with Gasteiger partial charge in [-0.1, -0.05) is 12.1 Å². The molecule has 2 fully saturated rings. The number of carbonyl (C=O) groups is 1. The molecule has 0 bridgehead atoms. The van der Waals surface area contributed by atoms with E-state index >= 15 is 0 Å². The number of nitrogens with one attached hydrogen (secondary N) is 1. The van der Waals surface area contributed by atoms with Crippen molar-refractivity contribution in [1.82, 2.24) is 20.0 Å². The number of carbonyl (C=O) groups excluding carboxylic acids is 1. The van der Waals surface area contributed by atoms with E-state index in [1.807, 2.05) is 24.0 Å². The second kappa shape index (κ2) is 7.85. The molecule has 0 radical (unpaired) electrons. The Hall–Kier alpha value is -2.14. The number of likely N-dealkylation sites (tertiary alicyclic amines) is 1. The number of rotatable bonds is 4. The van der Waals surface area contributed by atoms with Gasteiger partial charge in [0.15, 0.2) is 0 Å². The molecule has 27 heavy (non-hydrogen) atoms. The number of nitrogens with zero attached hydrogens (tertiary/aromatic N) is 3. The van der Waals surface area contributed by atoms with Crippen LogP contribution in [0.1, 0.15) is 52.6 Å². The van der Waals surface area contributed by atoms with Crippen LogP contribution in [-0.4, -0.2) is 46.8 Å². The molecule has 1 amide bonds. The maximum absolute atomic E-state index is 13.0. The van der Waals surface area contributed by atoms with Crippen LogP contribution in [0.25, 0.3) is 0 Å². The van der Waals surface area contributed by atoms with Crippen LogP contribution in [-0.2, 0) is 6.42 Å². The molecule has 5 nitrogen and oxygen atoms in total. The van der Waals surface area contributed by atoms with Gasteiger partial charge in [0.1, 0.15) is 0 Å². The molecule has 1 aromatic carbocycles. The summed E-state index contributed by atoms with van der Waals surface area (Å²) < 4.78 is 2.09. The van der Waals surface area contributed by atoms with Crippen molar-refractivity contribution in [2.75, 3.05) is 26.2 Å². The van der Waals surface area contributed by atoms with E-state index in [9.17, 15) is 4.79 Å². The fourth-order valence-corrected chi connectivity index (χ4v) is 4.57. The third kappa shape index (κ3) is 4.08. The number of aromatic nitrogens is 2. The largest absolute Gasteiger partial charge is 0.336 e. The Morgan fingerprint density at radius 2 is 2.00 bits per heavy atom. The van der Waals surface area contributed by atoms with E-state index in [0.717, 1.165) is 56.2 Å². The minimum atomic E-state index is 0.159. The zero-order valence-corrected chi connectivity index (χ0v) is 16.4. The van der Waals surface area contributed by atoms with Gasteiger partial charge < -0.3 is 10.2 Å². The second-order valence-electron chi connectivity index (χ2n) is 8.16. The van der Waals surface area contributed by atoms with Gasteiger partial charge in [-0.15, -0.1) is 0 Å². The summed E-state index contributed by atoms with van der Waals surface area (Å²) in [6.07, 6.45) is 4.52. The summed E-state index contributed by atoms with van der Waals surface area (Å²) in [5.41, 5.74) is 4.34. The fraction of sp³-hybridized carbons (Fsp3) is 0.545. The first-order valence-electron chi connectivity index (χ1n) is 10.2. The average molecular weight is 367 g/mol. The van der Waals surface area contributed by atoms with Gasteiger partial charge in [-0.2, -0.15) is 5.10 Å². The summed E-state index contributed by atoms with van der Waals surface area (Å²) in [7, 11) is 0. The Morgan fingerprint density at radius 3 is 2.74 bits per heavy atom. The highest BCUT2D eigenvalue weighted by Gasteiger charge is 2.29. The fourth-order valence-electron chi connectivity index (χ4n) is 4.57. The molecule has 2 aromatic rings. The summed E-state index contributed by atoms with van der Waals surface area (Å²) in [5.74, 6) is 0.894. The van der Waals surface area contributed by atoms with Crippen molar-refractivity contribution >= 4 is 5.91 Å². The minimum Gasteiger partial charge on any atom is -0.336 e. The van der Waals surface area contributed by atoms with E-state index in [2.05, 4.69) is 40.2 Å². The SMILES string of the molecule is Cc1cc(C)n([C@@H]2CCN(C(=O)c3cccc(CC4CCNCC4)c3)C2)n1. The van der Waals surface area contributed by atoms with Crippen LogP contribution in [0, 0.1) is 19.8 Å². The van der Waals surface area contributed by atoms with Crippen molar-refractivity contribution in [3.8, 4) is 0 Å². The number of hydrogen-bond acceptors (Lipinski definition) is 3. The summed E-state index contributed by atoms with van der Waals surface area (Å²) in [4.78, 5) is 15.0. The molecule has 3 heterocycles. The highest BCUT2D eigenvalue weighted by atomic mass is 16.2. The molecule has 0 unspecified atom stereocenters. The first-order valence-corrected chi connectivity index (χ1v) is 10.2. The van der Waals surface area contributed by atoms with Crippen molar-refractivity contribution < 1.29 is 4.79 Å². The summed E-state index contributed by atoms with van der Waals surface area (Å²) in [6.45, 7) is 7.90.